The molecule has 1 N–H and O–H groups in total. The van der Waals surface area contributed by atoms with Gasteiger partial charge in [0.25, 0.3) is 0 Å². The van der Waals surface area contributed by atoms with E-state index in [4.69, 9.17) is 4.74 Å². The van der Waals surface area contributed by atoms with E-state index in [9.17, 15) is 0 Å². The van der Waals surface area contributed by atoms with E-state index in [2.05, 4.69) is 33.5 Å². The number of hydrogen-bond acceptors (Lipinski definition) is 6. The Morgan fingerprint density at radius 3 is 2.87 bits per heavy atom. The van der Waals surface area contributed by atoms with Crippen molar-refractivity contribution in [3.63, 3.8) is 0 Å². The predicted octanol–water partition coefficient (Wildman–Crippen LogP) is 4.12. The van der Waals surface area contributed by atoms with Crippen LogP contribution in [0.15, 0.2) is 29.4 Å². The maximum absolute atomic E-state index is 6.37. The van der Waals surface area contributed by atoms with E-state index < -0.39 is 0 Å². The first-order valence-corrected chi connectivity index (χ1v) is 9.22. The average molecular weight is 328 g/mol. The number of fused-ring (bicyclic) bond motifs is 3. The molecule has 4 rings (SSSR count). The number of thioether (sulfide) groups is 1. The lowest BCUT2D eigenvalue weighted by Gasteiger charge is -2.30. The Hall–Kier alpha value is -1.82. The highest BCUT2D eigenvalue weighted by Crippen LogP contribution is 2.43. The molecule has 0 atom stereocenters. The monoisotopic (exact) mass is 328 g/mol. The molecule has 1 aliphatic carbocycles. The van der Waals surface area contributed by atoms with Gasteiger partial charge in [0, 0.05) is 29.8 Å². The van der Waals surface area contributed by atoms with E-state index in [1.807, 2.05) is 18.2 Å². The number of nitrogens with one attached hydrogen (secondary N) is 1. The number of ether oxygens (including phenoxy) is 1. The number of anilines is 1. The second kappa shape index (κ2) is 6.00. The molecule has 5 nitrogen and oxygen atoms in total. The standard InChI is InChI=1S/C17H20N4OS/c1-2-11-23-16-18-15-14(20-21-16)12-7-3-4-8-13(12)19-17(22-15)9-5-6-10-17/h3-4,7-8,19H,2,5-6,9-11H2,1H3. The normalized spacial score (nSPS) is 17.8. The zero-order valence-corrected chi connectivity index (χ0v) is 14.0. The quantitative estimate of drug-likeness (QED) is 0.856. The molecule has 23 heavy (non-hydrogen) atoms. The SMILES string of the molecule is CCCSc1nnc2c(n1)OC1(CCCC1)Nc1ccccc1-2. The van der Waals surface area contributed by atoms with Crippen LogP contribution in [0, 0.1) is 0 Å². The Morgan fingerprint density at radius 1 is 1.22 bits per heavy atom. The molecule has 1 saturated carbocycles. The van der Waals surface area contributed by atoms with Gasteiger partial charge in [-0.05, 0) is 25.3 Å². The fourth-order valence-corrected chi connectivity index (χ4v) is 3.85. The third kappa shape index (κ3) is 2.76. The first-order valence-electron chi connectivity index (χ1n) is 8.24. The van der Waals surface area contributed by atoms with E-state index in [-0.39, 0.29) is 5.72 Å². The summed E-state index contributed by atoms with van der Waals surface area (Å²) >= 11 is 1.63. The summed E-state index contributed by atoms with van der Waals surface area (Å²) in [5, 5.41) is 13.0. The summed E-state index contributed by atoms with van der Waals surface area (Å²) in [5.74, 6) is 1.60. The van der Waals surface area contributed by atoms with E-state index in [0.29, 0.717) is 11.0 Å². The highest BCUT2D eigenvalue weighted by atomic mass is 32.2. The molecule has 6 heteroatoms. The van der Waals surface area contributed by atoms with Crippen molar-refractivity contribution in [1.29, 1.82) is 0 Å². The van der Waals surface area contributed by atoms with Crippen LogP contribution in [0.2, 0.25) is 0 Å². The second-order valence-electron chi connectivity index (χ2n) is 6.07. The molecule has 0 bridgehead atoms. The lowest BCUT2D eigenvalue weighted by atomic mass is 10.1. The van der Waals surface area contributed by atoms with Crippen molar-refractivity contribution in [3.05, 3.63) is 24.3 Å². The Kier molecular flexibility index (Phi) is 3.85. The summed E-state index contributed by atoms with van der Waals surface area (Å²) in [5.41, 5.74) is 2.44. The molecule has 0 amide bonds. The summed E-state index contributed by atoms with van der Waals surface area (Å²) in [6, 6.07) is 8.17. The number of benzene rings is 1. The number of hydrogen-bond donors (Lipinski definition) is 1. The maximum atomic E-state index is 6.37. The van der Waals surface area contributed by atoms with Gasteiger partial charge in [-0.1, -0.05) is 36.9 Å². The molecular formula is C17H20N4OS. The zero-order chi connectivity index (χ0) is 15.7. The third-order valence-electron chi connectivity index (χ3n) is 4.32. The van der Waals surface area contributed by atoms with Gasteiger partial charge >= 0.3 is 0 Å². The minimum atomic E-state index is -0.357. The molecular weight excluding hydrogens is 308 g/mol. The van der Waals surface area contributed by atoms with Gasteiger partial charge in [0.1, 0.15) is 0 Å². The molecule has 120 valence electrons. The van der Waals surface area contributed by atoms with Crippen LogP contribution in [-0.4, -0.2) is 26.7 Å². The molecule has 0 saturated heterocycles. The minimum absolute atomic E-state index is 0.357. The zero-order valence-electron chi connectivity index (χ0n) is 13.2. The highest BCUT2D eigenvalue weighted by molar-refractivity contribution is 7.99. The Bertz CT molecular complexity index is 715. The molecule has 1 fully saturated rings. The lowest BCUT2D eigenvalue weighted by Crippen LogP contribution is -2.41. The van der Waals surface area contributed by atoms with Crippen LogP contribution in [0.5, 0.6) is 5.88 Å². The van der Waals surface area contributed by atoms with Crippen molar-refractivity contribution in [2.75, 3.05) is 11.1 Å². The van der Waals surface area contributed by atoms with Crippen LogP contribution in [0.3, 0.4) is 0 Å². The van der Waals surface area contributed by atoms with Gasteiger partial charge in [-0.15, -0.1) is 10.2 Å². The number of nitrogens with zero attached hydrogens (tertiary/aromatic N) is 3. The van der Waals surface area contributed by atoms with Crippen LogP contribution in [-0.2, 0) is 0 Å². The van der Waals surface area contributed by atoms with Crippen molar-refractivity contribution in [2.45, 2.75) is 49.9 Å². The van der Waals surface area contributed by atoms with Gasteiger partial charge in [0.2, 0.25) is 11.0 Å². The molecule has 1 aliphatic heterocycles. The second-order valence-corrected chi connectivity index (χ2v) is 7.13. The molecule has 1 aromatic heterocycles. The summed E-state index contributed by atoms with van der Waals surface area (Å²) in [7, 11) is 0. The fraction of sp³-hybridized carbons (Fsp3) is 0.471. The minimum Gasteiger partial charge on any atom is -0.449 e. The number of rotatable bonds is 3. The van der Waals surface area contributed by atoms with Crippen molar-refractivity contribution in [2.24, 2.45) is 0 Å². The van der Waals surface area contributed by atoms with Crippen molar-refractivity contribution in [1.82, 2.24) is 15.2 Å². The van der Waals surface area contributed by atoms with Crippen molar-refractivity contribution < 1.29 is 4.74 Å². The molecule has 1 spiro atoms. The average Bonchev–Trinajstić information content (AvgIpc) is 2.96. The highest BCUT2D eigenvalue weighted by Gasteiger charge is 2.40. The third-order valence-corrected chi connectivity index (χ3v) is 5.36. The topological polar surface area (TPSA) is 59.9 Å². The van der Waals surface area contributed by atoms with Crippen LogP contribution in [0.25, 0.3) is 11.3 Å². The maximum Gasteiger partial charge on any atom is 0.247 e. The van der Waals surface area contributed by atoms with Gasteiger partial charge in [-0.25, -0.2) is 0 Å². The van der Waals surface area contributed by atoms with E-state index in [1.54, 1.807) is 11.8 Å². The van der Waals surface area contributed by atoms with Gasteiger partial charge in [0.05, 0.1) is 0 Å². The van der Waals surface area contributed by atoms with Gasteiger partial charge in [0.15, 0.2) is 11.4 Å². The van der Waals surface area contributed by atoms with Gasteiger partial charge in [-0.3, -0.25) is 0 Å². The molecule has 2 aliphatic rings. The smallest absolute Gasteiger partial charge is 0.247 e. The van der Waals surface area contributed by atoms with Crippen LogP contribution in [0.4, 0.5) is 5.69 Å². The van der Waals surface area contributed by atoms with Gasteiger partial charge in [-0.2, -0.15) is 4.98 Å². The summed E-state index contributed by atoms with van der Waals surface area (Å²) in [6.45, 7) is 2.15. The first kappa shape index (κ1) is 14.8. The predicted molar refractivity (Wildman–Crippen MR) is 91.7 cm³/mol. The number of para-hydroxylation sites is 1. The van der Waals surface area contributed by atoms with Crippen LogP contribution < -0.4 is 10.1 Å². The van der Waals surface area contributed by atoms with Crippen LogP contribution in [0.1, 0.15) is 39.0 Å². The van der Waals surface area contributed by atoms with E-state index in [1.165, 1.54) is 12.8 Å². The van der Waals surface area contributed by atoms with E-state index >= 15 is 0 Å². The lowest BCUT2D eigenvalue weighted by molar-refractivity contribution is 0.101. The molecule has 2 aromatic rings. The van der Waals surface area contributed by atoms with Crippen molar-refractivity contribution in [3.8, 4) is 17.1 Å². The molecule has 2 heterocycles. The Labute approximate surface area is 140 Å². The summed E-state index contributed by atoms with van der Waals surface area (Å²) in [4.78, 5) is 4.66. The first-order chi connectivity index (χ1) is 11.3. The van der Waals surface area contributed by atoms with Crippen LogP contribution >= 0.6 is 11.8 Å². The van der Waals surface area contributed by atoms with E-state index in [0.717, 1.165) is 42.0 Å². The Balaban J connectivity index is 1.81. The van der Waals surface area contributed by atoms with Gasteiger partial charge < -0.3 is 10.1 Å². The number of aromatic nitrogens is 3. The van der Waals surface area contributed by atoms with Crippen molar-refractivity contribution >= 4 is 17.4 Å². The Morgan fingerprint density at radius 2 is 2.04 bits per heavy atom. The molecule has 0 unspecified atom stereocenters. The summed E-state index contributed by atoms with van der Waals surface area (Å²) in [6.07, 6.45) is 5.39. The summed E-state index contributed by atoms with van der Waals surface area (Å²) < 4.78 is 6.37. The molecule has 1 aromatic carbocycles. The largest absolute Gasteiger partial charge is 0.449 e. The fourth-order valence-electron chi connectivity index (χ4n) is 3.22. The molecule has 0 radical (unpaired) electrons.